The molecule has 0 saturated heterocycles. The lowest BCUT2D eigenvalue weighted by Crippen LogP contribution is -2.59. The zero-order chi connectivity index (χ0) is 20.7. The number of amidine groups is 1. The molecule has 0 aliphatic carbocycles. The van der Waals surface area contributed by atoms with Gasteiger partial charge in [0.2, 0.25) is 5.84 Å². The first-order valence-electron chi connectivity index (χ1n) is 11.3. The van der Waals surface area contributed by atoms with Crippen molar-refractivity contribution in [3.8, 4) is 0 Å². The molecule has 0 aromatic rings. The lowest BCUT2D eigenvalue weighted by molar-refractivity contribution is -0.805. The van der Waals surface area contributed by atoms with Gasteiger partial charge in [0.1, 0.15) is 12.4 Å². The van der Waals surface area contributed by atoms with E-state index >= 15 is 0 Å². The van der Waals surface area contributed by atoms with E-state index in [-0.39, 0.29) is 17.2 Å². The van der Waals surface area contributed by atoms with E-state index in [1.807, 2.05) is 13.1 Å². The van der Waals surface area contributed by atoms with Crippen LogP contribution in [0.25, 0.3) is 0 Å². The quantitative estimate of drug-likeness (QED) is 0.189. The van der Waals surface area contributed by atoms with Crippen LogP contribution in [0.2, 0.25) is 0 Å². The average molecular weight is 393 g/mol. The van der Waals surface area contributed by atoms with Crippen LogP contribution in [0, 0.1) is 0 Å². The first kappa shape index (κ1) is 24.6. The average Bonchev–Trinajstić information content (AvgIpc) is 3.05. The Kier molecular flexibility index (Phi) is 12.8. The Morgan fingerprint density at radius 1 is 1.07 bits per heavy atom. The summed E-state index contributed by atoms with van der Waals surface area (Å²) in [5, 5.41) is 9.23. The molecule has 5 heteroatoms. The standard InChI is InChI=1S/C23H41N3O2/c1-3-4-5-6-7-8-9-10-11-12-13-14-15-16-17-22-25-18-19-26(22,21(2)24)20-23(27)28/h12-13,18-19,21H,3-11,14-17,20,24H2,1-2H3/p+1/b13-12+. The number of carboxylic acid groups (broad SMARTS) is 1. The van der Waals surface area contributed by atoms with E-state index in [1.54, 1.807) is 6.20 Å². The van der Waals surface area contributed by atoms with Crippen LogP contribution >= 0.6 is 0 Å². The number of rotatable bonds is 17. The minimum absolute atomic E-state index is 0.0362. The van der Waals surface area contributed by atoms with Crippen LogP contribution in [-0.4, -0.2) is 34.1 Å². The fraction of sp³-hybridized carbons (Fsp3) is 0.739. The fourth-order valence-corrected chi connectivity index (χ4v) is 3.76. The molecule has 160 valence electrons. The summed E-state index contributed by atoms with van der Waals surface area (Å²) in [6, 6.07) is 0. The maximum absolute atomic E-state index is 11.2. The number of hydrogen-bond acceptors (Lipinski definition) is 3. The number of carboxylic acids is 1. The van der Waals surface area contributed by atoms with Gasteiger partial charge in [-0.25, -0.2) is 14.3 Å². The molecule has 0 aromatic carbocycles. The van der Waals surface area contributed by atoms with Crippen molar-refractivity contribution < 1.29 is 14.4 Å². The minimum Gasteiger partial charge on any atom is -0.477 e. The van der Waals surface area contributed by atoms with E-state index in [0.29, 0.717) is 0 Å². The number of unbranched alkanes of at least 4 members (excludes halogenated alkanes) is 10. The van der Waals surface area contributed by atoms with Crippen molar-refractivity contribution in [3.05, 3.63) is 24.6 Å². The summed E-state index contributed by atoms with van der Waals surface area (Å²) >= 11 is 0. The van der Waals surface area contributed by atoms with Gasteiger partial charge in [-0.2, -0.15) is 0 Å². The molecule has 28 heavy (non-hydrogen) atoms. The number of nitrogens with zero attached hydrogens (tertiary/aromatic N) is 2. The first-order valence-corrected chi connectivity index (χ1v) is 11.3. The first-order chi connectivity index (χ1) is 13.5. The number of allylic oxidation sites excluding steroid dienone is 2. The van der Waals surface area contributed by atoms with Crippen LogP contribution in [0.5, 0.6) is 0 Å². The second-order valence-electron chi connectivity index (χ2n) is 8.05. The molecule has 0 spiro atoms. The summed E-state index contributed by atoms with van der Waals surface area (Å²) in [5.74, 6) is 0.0285. The zero-order valence-corrected chi connectivity index (χ0v) is 18.1. The number of aliphatic imine (C=N–C) groups is 1. The van der Waals surface area contributed by atoms with E-state index in [2.05, 4.69) is 24.1 Å². The molecule has 0 bridgehead atoms. The normalized spacial score (nSPS) is 20.0. The van der Waals surface area contributed by atoms with Gasteiger partial charge in [0.25, 0.3) is 0 Å². The van der Waals surface area contributed by atoms with Crippen molar-refractivity contribution in [2.45, 2.75) is 103 Å². The summed E-state index contributed by atoms with van der Waals surface area (Å²) in [7, 11) is 0. The van der Waals surface area contributed by atoms with Crippen molar-refractivity contribution in [1.82, 2.24) is 0 Å². The van der Waals surface area contributed by atoms with Crippen LogP contribution < -0.4 is 5.73 Å². The predicted octanol–water partition coefficient (Wildman–Crippen LogP) is 5.72. The van der Waals surface area contributed by atoms with E-state index in [9.17, 15) is 9.90 Å². The highest BCUT2D eigenvalue weighted by molar-refractivity contribution is 5.81. The highest BCUT2D eigenvalue weighted by Gasteiger charge is 2.40. The van der Waals surface area contributed by atoms with E-state index in [4.69, 9.17) is 5.73 Å². The molecule has 1 heterocycles. The topological polar surface area (TPSA) is 75.7 Å². The van der Waals surface area contributed by atoms with Gasteiger partial charge in [0.05, 0.1) is 6.20 Å². The highest BCUT2D eigenvalue weighted by atomic mass is 16.4. The molecule has 2 atom stereocenters. The molecular weight excluding hydrogens is 350 g/mol. The lowest BCUT2D eigenvalue weighted by Gasteiger charge is -2.34. The van der Waals surface area contributed by atoms with Crippen LogP contribution in [0.3, 0.4) is 0 Å². The highest BCUT2D eigenvalue weighted by Crippen LogP contribution is 2.23. The molecule has 0 amide bonds. The Morgan fingerprint density at radius 2 is 1.64 bits per heavy atom. The Hall–Kier alpha value is -1.46. The van der Waals surface area contributed by atoms with Crippen molar-refractivity contribution >= 4 is 11.8 Å². The monoisotopic (exact) mass is 392 g/mol. The molecular formula is C23H42N3O2+. The summed E-state index contributed by atoms with van der Waals surface area (Å²) in [4.78, 5) is 15.7. The smallest absolute Gasteiger partial charge is 0.360 e. The second kappa shape index (κ2) is 14.5. The summed E-state index contributed by atoms with van der Waals surface area (Å²) in [5.41, 5.74) is 6.09. The minimum atomic E-state index is -0.847. The van der Waals surface area contributed by atoms with E-state index in [1.165, 1.54) is 57.8 Å². The summed E-state index contributed by atoms with van der Waals surface area (Å²) < 4.78 is 0.156. The van der Waals surface area contributed by atoms with Crippen LogP contribution in [0.1, 0.15) is 97.3 Å². The Labute approximate surface area is 172 Å². The molecule has 5 nitrogen and oxygen atoms in total. The molecule has 2 unspecified atom stereocenters. The molecule has 1 aliphatic rings. The maximum atomic E-state index is 11.2. The van der Waals surface area contributed by atoms with Crippen LogP contribution in [0.4, 0.5) is 0 Å². The maximum Gasteiger partial charge on any atom is 0.360 e. The molecule has 0 fully saturated rings. The zero-order valence-electron chi connectivity index (χ0n) is 18.1. The van der Waals surface area contributed by atoms with Crippen molar-refractivity contribution in [2.75, 3.05) is 6.54 Å². The Morgan fingerprint density at radius 3 is 2.21 bits per heavy atom. The molecule has 3 N–H and O–H groups in total. The molecule has 0 radical (unpaired) electrons. The SMILES string of the molecule is CCCCCCCCCC/C=C/CCCCC1=NC=C[N+]1(CC(=O)O)C(C)N. The van der Waals surface area contributed by atoms with E-state index < -0.39 is 5.97 Å². The molecule has 0 aromatic heterocycles. The largest absolute Gasteiger partial charge is 0.477 e. The van der Waals surface area contributed by atoms with Gasteiger partial charge in [-0.05, 0) is 32.1 Å². The molecule has 1 aliphatic heterocycles. The van der Waals surface area contributed by atoms with Gasteiger partial charge in [-0.3, -0.25) is 5.73 Å². The summed E-state index contributed by atoms with van der Waals surface area (Å²) in [6.07, 6.45) is 23.9. The number of nitrogens with two attached hydrogens (primary N) is 1. The Bertz CT molecular complexity index is 526. The number of carbonyl (C=O) groups is 1. The van der Waals surface area contributed by atoms with Crippen LogP contribution in [-0.2, 0) is 4.79 Å². The van der Waals surface area contributed by atoms with Gasteiger partial charge >= 0.3 is 5.97 Å². The van der Waals surface area contributed by atoms with Crippen molar-refractivity contribution in [1.29, 1.82) is 0 Å². The Balaban J connectivity index is 2.10. The van der Waals surface area contributed by atoms with Gasteiger partial charge in [0.15, 0.2) is 6.54 Å². The van der Waals surface area contributed by atoms with Gasteiger partial charge in [-0.1, -0.05) is 64.0 Å². The summed E-state index contributed by atoms with van der Waals surface area (Å²) in [6.45, 7) is 4.08. The molecule has 1 rings (SSSR count). The third-order valence-electron chi connectivity index (χ3n) is 5.57. The van der Waals surface area contributed by atoms with Crippen molar-refractivity contribution in [2.24, 2.45) is 10.7 Å². The number of hydrogen-bond donors (Lipinski definition) is 2. The van der Waals surface area contributed by atoms with Gasteiger partial charge in [-0.15, -0.1) is 0 Å². The van der Waals surface area contributed by atoms with Crippen molar-refractivity contribution in [3.63, 3.8) is 0 Å². The lowest BCUT2D eigenvalue weighted by atomic mass is 10.1. The molecule has 0 saturated carbocycles. The number of aliphatic carboxylic acids is 1. The van der Waals surface area contributed by atoms with E-state index in [0.717, 1.165) is 31.5 Å². The van der Waals surface area contributed by atoms with Crippen LogP contribution in [0.15, 0.2) is 29.5 Å². The van der Waals surface area contributed by atoms with Gasteiger partial charge in [0, 0.05) is 13.3 Å². The predicted molar refractivity (Wildman–Crippen MR) is 118 cm³/mol. The third kappa shape index (κ3) is 9.16. The second-order valence-corrected chi connectivity index (χ2v) is 8.05. The third-order valence-corrected chi connectivity index (χ3v) is 5.57. The number of quaternary nitrogens is 1. The fourth-order valence-electron chi connectivity index (χ4n) is 3.76. The van der Waals surface area contributed by atoms with Gasteiger partial charge < -0.3 is 5.11 Å².